The lowest BCUT2D eigenvalue weighted by molar-refractivity contribution is -0.161. The Morgan fingerprint density at radius 3 is 0.723 bits per heavy atom. The highest BCUT2D eigenvalue weighted by Gasteiger charge is 2.30. The van der Waals surface area contributed by atoms with E-state index in [1.165, 1.54) is 205 Å². The molecule has 0 heterocycles. The molecule has 0 spiro atoms. The topological polar surface area (TPSA) is 237 Å². The first-order chi connectivity index (χ1) is 45.4. The first kappa shape index (κ1) is 92.1. The first-order valence-corrected chi connectivity index (χ1v) is 42.0. The summed E-state index contributed by atoms with van der Waals surface area (Å²) in [4.78, 5) is 72.8. The summed E-state index contributed by atoms with van der Waals surface area (Å²) in [7, 11) is -9.91. The molecule has 0 aromatic rings. The van der Waals surface area contributed by atoms with Gasteiger partial charge in [-0.05, 0) is 37.5 Å². The van der Waals surface area contributed by atoms with E-state index in [1.807, 2.05) is 0 Å². The minimum atomic E-state index is -4.96. The third kappa shape index (κ3) is 68.6. The maximum atomic E-state index is 13.1. The van der Waals surface area contributed by atoms with Gasteiger partial charge in [0.15, 0.2) is 12.2 Å². The number of aliphatic hydroxyl groups is 1. The largest absolute Gasteiger partial charge is 0.472 e. The van der Waals surface area contributed by atoms with Crippen molar-refractivity contribution in [3.05, 3.63) is 0 Å². The van der Waals surface area contributed by atoms with Gasteiger partial charge in [0.2, 0.25) is 0 Å². The van der Waals surface area contributed by atoms with Crippen LogP contribution in [0.5, 0.6) is 0 Å². The summed E-state index contributed by atoms with van der Waals surface area (Å²) in [5, 5.41) is 10.6. The number of unbranched alkanes of at least 4 members (excludes halogenated alkanes) is 44. The molecule has 0 amide bonds. The molecule has 0 saturated heterocycles. The summed E-state index contributed by atoms with van der Waals surface area (Å²) >= 11 is 0. The Balaban J connectivity index is 5.24. The smallest absolute Gasteiger partial charge is 0.462 e. The van der Waals surface area contributed by atoms with Gasteiger partial charge in [-0.2, -0.15) is 0 Å². The standard InChI is InChI=1S/C75H146O17P2/c1-7-9-11-13-15-17-19-21-22-23-24-25-26-28-34-42-48-54-60-75(80)91-70(63-85-72(77)57-51-45-39-32-30-29-31-37-43-49-55-67(3)4)65-89-93(81,82)87-61-69(76)62-88-94(83,84)90-66-71(64-86-73(78)58-52-46-40-36-35-38-44-50-56-68(5)6)92-74(79)59-53-47-41-33-27-20-18-16-14-12-10-8-2/h67-71,76H,7-66H2,1-6H3,(H,81,82)(H,83,84)/t69-,70-,71-/m1/s1. The summed E-state index contributed by atoms with van der Waals surface area (Å²) < 4.78 is 68.5. The van der Waals surface area contributed by atoms with Crippen molar-refractivity contribution in [3.63, 3.8) is 0 Å². The van der Waals surface area contributed by atoms with E-state index in [4.69, 9.17) is 37.0 Å². The monoisotopic (exact) mass is 1380 g/mol. The maximum absolute atomic E-state index is 13.1. The quantitative estimate of drug-likeness (QED) is 0.0222. The molecule has 94 heavy (non-hydrogen) atoms. The Bertz CT molecular complexity index is 1820. The molecule has 19 heteroatoms. The average Bonchev–Trinajstić information content (AvgIpc) is 1.68. The number of carbonyl (C=O) groups excluding carboxylic acids is 4. The van der Waals surface area contributed by atoms with E-state index in [9.17, 15) is 43.2 Å². The number of hydrogen-bond donors (Lipinski definition) is 3. The molecule has 0 aromatic heterocycles. The van der Waals surface area contributed by atoms with Crippen molar-refractivity contribution in [2.45, 2.75) is 407 Å². The van der Waals surface area contributed by atoms with Crippen molar-refractivity contribution < 1.29 is 80.2 Å². The Morgan fingerprint density at radius 1 is 0.287 bits per heavy atom. The highest BCUT2D eigenvalue weighted by Crippen LogP contribution is 2.45. The SMILES string of the molecule is CCCCCCCCCCCCCCCCCCCCC(=O)O[C@H](COC(=O)CCCCCCCCCCCCC(C)C)COP(=O)(O)OC[C@@H](O)COP(=O)(O)OC[C@@H](COC(=O)CCCCCCCCCCC(C)C)OC(=O)CCCCCCCCCCCCCC. The molecule has 3 N–H and O–H groups in total. The second-order valence-corrected chi connectivity index (χ2v) is 30.9. The predicted octanol–water partition coefficient (Wildman–Crippen LogP) is 21.9. The normalized spacial score (nSPS) is 14.0. The predicted molar refractivity (Wildman–Crippen MR) is 381 cm³/mol. The van der Waals surface area contributed by atoms with Crippen LogP contribution in [0.3, 0.4) is 0 Å². The van der Waals surface area contributed by atoms with Crippen molar-refractivity contribution in [1.29, 1.82) is 0 Å². The minimum absolute atomic E-state index is 0.107. The van der Waals surface area contributed by atoms with E-state index in [0.29, 0.717) is 25.7 Å². The molecule has 0 bridgehead atoms. The number of rotatable bonds is 74. The number of ether oxygens (including phenoxy) is 4. The zero-order valence-corrected chi connectivity index (χ0v) is 63.1. The van der Waals surface area contributed by atoms with Crippen LogP contribution in [0.15, 0.2) is 0 Å². The van der Waals surface area contributed by atoms with Crippen LogP contribution in [-0.4, -0.2) is 96.7 Å². The molecule has 0 saturated carbocycles. The zero-order valence-electron chi connectivity index (χ0n) is 61.3. The molecule has 0 aliphatic heterocycles. The number of aliphatic hydroxyl groups excluding tert-OH is 1. The van der Waals surface area contributed by atoms with E-state index in [0.717, 1.165) is 102 Å². The van der Waals surface area contributed by atoms with Gasteiger partial charge in [0.1, 0.15) is 19.3 Å². The molecule has 0 rings (SSSR count). The van der Waals surface area contributed by atoms with E-state index >= 15 is 0 Å². The van der Waals surface area contributed by atoms with Crippen LogP contribution in [-0.2, 0) is 65.4 Å². The molecule has 0 aromatic carbocycles. The Hall–Kier alpha value is -1.94. The van der Waals surface area contributed by atoms with Crippen LogP contribution >= 0.6 is 15.6 Å². The molecule has 17 nitrogen and oxygen atoms in total. The van der Waals surface area contributed by atoms with Gasteiger partial charge < -0.3 is 33.8 Å². The van der Waals surface area contributed by atoms with E-state index < -0.39 is 97.5 Å². The van der Waals surface area contributed by atoms with E-state index in [1.54, 1.807) is 0 Å². The molecular formula is C75H146O17P2. The van der Waals surface area contributed by atoms with Gasteiger partial charge in [0, 0.05) is 25.7 Å². The van der Waals surface area contributed by atoms with Gasteiger partial charge >= 0.3 is 39.5 Å². The van der Waals surface area contributed by atoms with Crippen molar-refractivity contribution in [1.82, 2.24) is 0 Å². The molecule has 0 aliphatic rings. The summed E-state index contributed by atoms with van der Waals surface area (Å²) in [5.74, 6) is -0.631. The van der Waals surface area contributed by atoms with Crippen LogP contribution in [0.4, 0.5) is 0 Å². The fourth-order valence-corrected chi connectivity index (χ4v) is 13.1. The molecule has 558 valence electrons. The van der Waals surface area contributed by atoms with E-state index in [-0.39, 0.29) is 25.7 Å². The van der Waals surface area contributed by atoms with Crippen LogP contribution in [0, 0.1) is 11.8 Å². The maximum Gasteiger partial charge on any atom is 0.472 e. The minimum Gasteiger partial charge on any atom is -0.462 e. The van der Waals surface area contributed by atoms with E-state index in [2.05, 4.69) is 41.5 Å². The van der Waals surface area contributed by atoms with Gasteiger partial charge in [0.25, 0.3) is 0 Å². The van der Waals surface area contributed by atoms with Crippen molar-refractivity contribution >= 4 is 39.5 Å². The number of carbonyl (C=O) groups is 4. The fourth-order valence-electron chi connectivity index (χ4n) is 11.5. The third-order valence-corrected chi connectivity index (χ3v) is 19.4. The molecule has 0 radical (unpaired) electrons. The van der Waals surface area contributed by atoms with Crippen LogP contribution in [0.2, 0.25) is 0 Å². The first-order valence-electron chi connectivity index (χ1n) is 39.0. The second-order valence-electron chi connectivity index (χ2n) is 28.0. The molecule has 0 aliphatic carbocycles. The number of hydrogen-bond acceptors (Lipinski definition) is 15. The van der Waals surface area contributed by atoms with Crippen LogP contribution in [0.1, 0.15) is 388 Å². The van der Waals surface area contributed by atoms with Gasteiger partial charge in [-0.1, -0.05) is 337 Å². The molecular weight excluding hydrogens is 1230 g/mol. The van der Waals surface area contributed by atoms with Crippen LogP contribution < -0.4 is 0 Å². The molecule has 0 fully saturated rings. The number of phosphoric acid groups is 2. The van der Waals surface area contributed by atoms with Gasteiger partial charge in [0.05, 0.1) is 26.4 Å². The van der Waals surface area contributed by atoms with Gasteiger partial charge in [-0.15, -0.1) is 0 Å². The van der Waals surface area contributed by atoms with Crippen molar-refractivity contribution in [2.24, 2.45) is 11.8 Å². The highest BCUT2D eigenvalue weighted by molar-refractivity contribution is 7.47. The zero-order chi connectivity index (χ0) is 69.3. The lowest BCUT2D eigenvalue weighted by atomic mass is 10.0. The third-order valence-electron chi connectivity index (χ3n) is 17.5. The van der Waals surface area contributed by atoms with Crippen LogP contribution in [0.25, 0.3) is 0 Å². The Morgan fingerprint density at radius 2 is 0.489 bits per heavy atom. The summed E-state index contributed by atoms with van der Waals surface area (Å²) in [6.07, 6.45) is 54.1. The van der Waals surface area contributed by atoms with Gasteiger partial charge in [-0.3, -0.25) is 37.3 Å². The summed E-state index contributed by atoms with van der Waals surface area (Å²) in [6.45, 7) is 9.55. The fraction of sp³-hybridized carbons (Fsp3) is 0.947. The summed E-state index contributed by atoms with van der Waals surface area (Å²) in [6, 6.07) is 0. The molecule has 2 unspecified atom stereocenters. The van der Waals surface area contributed by atoms with Crippen molar-refractivity contribution in [3.8, 4) is 0 Å². The average molecular weight is 1380 g/mol. The second kappa shape index (κ2) is 66.9. The highest BCUT2D eigenvalue weighted by atomic mass is 31.2. The number of phosphoric ester groups is 2. The Labute approximate surface area is 575 Å². The Kier molecular flexibility index (Phi) is 65.5. The molecule has 5 atom stereocenters. The lowest BCUT2D eigenvalue weighted by Gasteiger charge is -2.21. The number of esters is 4. The lowest BCUT2D eigenvalue weighted by Crippen LogP contribution is -2.30. The summed E-state index contributed by atoms with van der Waals surface area (Å²) in [5.41, 5.74) is 0. The van der Waals surface area contributed by atoms with Gasteiger partial charge in [-0.25, -0.2) is 9.13 Å². The van der Waals surface area contributed by atoms with Crippen molar-refractivity contribution in [2.75, 3.05) is 39.6 Å².